The maximum Gasteiger partial charge on any atom is 0.0178 e. The number of benzene rings is 1. The van der Waals surface area contributed by atoms with Crippen LogP contribution in [0.4, 0.5) is 0 Å². The van der Waals surface area contributed by atoms with Crippen LogP contribution in [0.15, 0.2) is 28.7 Å². The fourth-order valence-electron chi connectivity index (χ4n) is 2.29. The first-order valence-electron chi connectivity index (χ1n) is 7.09. The van der Waals surface area contributed by atoms with Gasteiger partial charge < -0.3 is 5.32 Å². The molecule has 1 aromatic carbocycles. The van der Waals surface area contributed by atoms with Crippen molar-refractivity contribution in [1.29, 1.82) is 0 Å². The maximum absolute atomic E-state index is 3.61. The molecule has 0 bridgehead atoms. The number of likely N-dealkylation sites (N-methyl/N-ethyl adjacent to an activating group) is 1. The summed E-state index contributed by atoms with van der Waals surface area (Å²) >= 11 is 3.54. The summed E-state index contributed by atoms with van der Waals surface area (Å²) in [6, 6.07) is 9.27. The van der Waals surface area contributed by atoms with Gasteiger partial charge in [0, 0.05) is 10.5 Å². The first-order chi connectivity index (χ1) is 8.61. The molecule has 1 rings (SSSR count). The Morgan fingerprint density at radius 2 is 2.00 bits per heavy atom. The summed E-state index contributed by atoms with van der Waals surface area (Å²) in [5.41, 5.74) is 1.42. The lowest BCUT2D eigenvalue weighted by Crippen LogP contribution is -2.31. The molecule has 1 aromatic rings. The predicted octanol–water partition coefficient (Wildman–Crippen LogP) is 4.80. The number of rotatable bonds is 8. The molecule has 0 saturated carbocycles. The minimum atomic E-state index is 0.614. The minimum absolute atomic E-state index is 0.614. The second kappa shape index (κ2) is 8.71. The molecule has 1 atom stereocenters. The molecule has 0 fully saturated rings. The lowest BCUT2D eigenvalue weighted by atomic mass is 9.98. The quantitative estimate of drug-likeness (QED) is 0.727. The van der Waals surface area contributed by atoms with E-state index in [2.05, 4.69) is 66.3 Å². The molecule has 0 aliphatic carbocycles. The predicted molar refractivity (Wildman–Crippen MR) is 84.0 cm³/mol. The van der Waals surface area contributed by atoms with Crippen LogP contribution < -0.4 is 5.32 Å². The van der Waals surface area contributed by atoms with Crippen molar-refractivity contribution in [2.24, 2.45) is 5.92 Å². The van der Waals surface area contributed by atoms with Crippen molar-refractivity contribution in [2.75, 3.05) is 6.54 Å². The Morgan fingerprint density at radius 1 is 1.22 bits per heavy atom. The van der Waals surface area contributed by atoms with Crippen molar-refractivity contribution >= 4 is 15.9 Å². The van der Waals surface area contributed by atoms with Crippen LogP contribution in [0, 0.1) is 5.92 Å². The van der Waals surface area contributed by atoms with Crippen LogP contribution in [-0.2, 0) is 6.42 Å². The van der Waals surface area contributed by atoms with Crippen LogP contribution in [0.3, 0.4) is 0 Å². The Labute approximate surface area is 120 Å². The van der Waals surface area contributed by atoms with Gasteiger partial charge >= 0.3 is 0 Å². The van der Waals surface area contributed by atoms with Crippen LogP contribution in [-0.4, -0.2) is 12.6 Å². The van der Waals surface area contributed by atoms with E-state index < -0.39 is 0 Å². The molecule has 1 unspecified atom stereocenters. The number of hydrogen-bond acceptors (Lipinski definition) is 1. The molecule has 0 amide bonds. The normalized spacial score (nSPS) is 12.9. The second-order valence-corrected chi connectivity index (χ2v) is 6.33. The summed E-state index contributed by atoms with van der Waals surface area (Å²) in [6.07, 6.45) is 5.06. The third-order valence-electron chi connectivity index (χ3n) is 3.20. The summed E-state index contributed by atoms with van der Waals surface area (Å²) in [5.74, 6) is 0.818. The third kappa shape index (κ3) is 6.55. The molecule has 0 spiro atoms. The van der Waals surface area contributed by atoms with Gasteiger partial charge in [0.05, 0.1) is 0 Å². The third-order valence-corrected chi connectivity index (χ3v) is 3.69. The van der Waals surface area contributed by atoms with Crippen molar-refractivity contribution < 1.29 is 0 Å². The molecule has 18 heavy (non-hydrogen) atoms. The Kier molecular flexibility index (Phi) is 7.60. The zero-order chi connectivity index (χ0) is 13.4. The summed E-state index contributed by atoms with van der Waals surface area (Å²) in [7, 11) is 0. The Hall–Kier alpha value is -0.340. The lowest BCUT2D eigenvalue weighted by molar-refractivity contribution is 0.442. The van der Waals surface area contributed by atoms with Crippen LogP contribution in [0.5, 0.6) is 0 Å². The summed E-state index contributed by atoms with van der Waals surface area (Å²) in [4.78, 5) is 0. The number of nitrogens with one attached hydrogen (secondary N) is 1. The monoisotopic (exact) mass is 311 g/mol. The molecular weight excluding hydrogens is 286 g/mol. The summed E-state index contributed by atoms with van der Waals surface area (Å²) in [6.45, 7) is 7.85. The molecule has 102 valence electrons. The molecule has 0 aliphatic heterocycles. The van der Waals surface area contributed by atoms with Gasteiger partial charge in [0.2, 0.25) is 0 Å². The van der Waals surface area contributed by atoms with Crippen LogP contribution in [0.2, 0.25) is 0 Å². The number of halogens is 1. The highest BCUT2D eigenvalue weighted by Crippen LogP contribution is 2.16. The van der Waals surface area contributed by atoms with Gasteiger partial charge in [0.15, 0.2) is 0 Å². The highest BCUT2D eigenvalue weighted by Gasteiger charge is 2.09. The lowest BCUT2D eigenvalue weighted by Gasteiger charge is -2.18. The van der Waals surface area contributed by atoms with Gasteiger partial charge in [-0.1, -0.05) is 61.7 Å². The second-order valence-electron chi connectivity index (χ2n) is 5.41. The molecule has 2 heteroatoms. The van der Waals surface area contributed by atoms with Crippen LogP contribution >= 0.6 is 15.9 Å². The smallest absolute Gasteiger partial charge is 0.0178 e. The van der Waals surface area contributed by atoms with Gasteiger partial charge in [0.25, 0.3) is 0 Å². The fraction of sp³-hybridized carbons (Fsp3) is 0.625. The average Bonchev–Trinajstić information content (AvgIpc) is 2.28. The zero-order valence-electron chi connectivity index (χ0n) is 11.9. The van der Waals surface area contributed by atoms with E-state index in [-0.39, 0.29) is 0 Å². The Balaban J connectivity index is 2.46. The van der Waals surface area contributed by atoms with Gasteiger partial charge in [0.1, 0.15) is 0 Å². The van der Waals surface area contributed by atoms with E-state index >= 15 is 0 Å². The van der Waals surface area contributed by atoms with E-state index in [1.807, 2.05) is 0 Å². The highest BCUT2D eigenvalue weighted by atomic mass is 79.9. The van der Waals surface area contributed by atoms with E-state index in [9.17, 15) is 0 Å². The standard InChI is InChI=1S/C16H26BrN/c1-4-18-16(10-5-7-13(2)3)12-14-8-6-9-15(17)11-14/h6,8-9,11,13,16,18H,4-5,7,10,12H2,1-3H3. The molecule has 0 saturated heterocycles. The van der Waals surface area contributed by atoms with Gasteiger partial charge in [-0.2, -0.15) is 0 Å². The Morgan fingerprint density at radius 3 is 2.61 bits per heavy atom. The largest absolute Gasteiger partial charge is 0.314 e. The molecule has 0 aromatic heterocycles. The zero-order valence-corrected chi connectivity index (χ0v) is 13.5. The number of hydrogen-bond donors (Lipinski definition) is 1. The van der Waals surface area contributed by atoms with Gasteiger partial charge in [-0.3, -0.25) is 0 Å². The molecular formula is C16H26BrN. The fourth-order valence-corrected chi connectivity index (χ4v) is 2.73. The average molecular weight is 312 g/mol. The molecule has 0 radical (unpaired) electrons. The van der Waals surface area contributed by atoms with Crippen LogP contribution in [0.25, 0.3) is 0 Å². The molecule has 0 aliphatic rings. The maximum atomic E-state index is 3.61. The van der Waals surface area contributed by atoms with Crippen LogP contribution in [0.1, 0.15) is 45.6 Å². The van der Waals surface area contributed by atoms with Crippen molar-refractivity contribution in [2.45, 2.75) is 52.5 Å². The highest BCUT2D eigenvalue weighted by molar-refractivity contribution is 9.10. The van der Waals surface area contributed by atoms with E-state index in [4.69, 9.17) is 0 Å². The minimum Gasteiger partial charge on any atom is -0.314 e. The molecule has 0 heterocycles. The van der Waals surface area contributed by atoms with Gasteiger partial charge in [-0.05, 0) is 43.0 Å². The van der Waals surface area contributed by atoms with Gasteiger partial charge in [-0.15, -0.1) is 0 Å². The van der Waals surface area contributed by atoms with Crippen molar-refractivity contribution in [1.82, 2.24) is 5.32 Å². The van der Waals surface area contributed by atoms with E-state index in [1.165, 1.54) is 29.3 Å². The Bertz CT molecular complexity index is 336. The van der Waals surface area contributed by atoms with E-state index in [1.54, 1.807) is 0 Å². The van der Waals surface area contributed by atoms with Crippen molar-refractivity contribution in [3.8, 4) is 0 Å². The first-order valence-corrected chi connectivity index (χ1v) is 7.89. The van der Waals surface area contributed by atoms with E-state index in [0.29, 0.717) is 6.04 Å². The van der Waals surface area contributed by atoms with Gasteiger partial charge in [-0.25, -0.2) is 0 Å². The SMILES string of the molecule is CCNC(CCCC(C)C)Cc1cccc(Br)c1. The molecule has 1 nitrogen and oxygen atoms in total. The molecule has 1 N–H and O–H groups in total. The van der Waals surface area contributed by atoms with E-state index in [0.717, 1.165) is 18.9 Å². The summed E-state index contributed by atoms with van der Waals surface area (Å²) < 4.78 is 1.18. The topological polar surface area (TPSA) is 12.0 Å². The summed E-state index contributed by atoms with van der Waals surface area (Å²) in [5, 5.41) is 3.61. The first kappa shape index (κ1) is 15.7. The van der Waals surface area contributed by atoms with Crippen molar-refractivity contribution in [3.63, 3.8) is 0 Å². The van der Waals surface area contributed by atoms with Crippen molar-refractivity contribution in [3.05, 3.63) is 34.3 Å².